The van der Waals surface area contributed by atoms with Crippen LogP contribution in [0.25, 0.3) is 0 Å². The van der Waals surface area contributed by atoms with Gasteiger partial charge in [-0.2, -0.15) is 0 Å². The highest BCUT2D eigenvalue weighted by atomic mass is 79.9. The summed E-state index contributed by atoms with van der Waals surface area (Å²) in [6.07, 6.45) is 3.15. The molecule has 0 radical (unpaired) electrons. The minimum Gasteiger partial charge on any atom is -0.480 e. The predicted molar refractivity (Wildman–Crippen MR) is 68.6 cm³/mol. The Kier molecular flexibility index (Phi) is 3.87. The van der Waals surface area contributed by atoms with Gasteiger partial charge in [0.15, 0.2) is 0 Å². The molecule has 0 unspecified atom stereocenters. The number of halogens is 2. The molecule has 1 heterocycles. The zero-order valence-electron chi connectivity index (χ0n) is 9.27. The van der Waals surface area contributed by atoms with Crippen LogP contribution in [0.2, 0.25) is 5.15 Å². The molecular weight excluding hydrogens is 323 g/mol. The lowest BCUT2D eigenvalue weighted by Gasteiger charge is -2.20. The summed E-state index contributed by atoms with van der Waals surface area (Å²) in [6.45, 7) is -0.313. The smallest absolute Gasteiger partial charge is 0.323 e. The molecule has 1 N–H and O–H groups in total. The summed E-state index contributed by atoms with van der Waals surface area (Å²) in [4.78, 5) is 28.2. The summed E-state index contributed by atoms with van der Waals surface area (Å²) in [5, 5.41) is 8.91. The number of aromatic nitrogens is 1. The number of carboxylic acids is 1. The molecule has 1 fully saturated rings. The van der Waals surface area contributed by atoms with Gasteiger partial charge >= 0.3 is 5.97 Å². The lowest BCUT2D eigenvalue weighted by atomic mass is 10.2. The van der Waals surface area contributed by atoms with Gasteiger partial charge in [0.2, 0.25) is 0 Å². The normalized spacial score (nSPS) is 14.3. The Morgan fingerprint density at radius 3 is 2.78 bits per heavy atom. The molecule has 0 atom stereocenters. The molecule has 0 saturated heterocycles. The fourth-order valence-electron chi connectivity index (χ4n) is 1.63. The summed E-state index contributed by atoms with van der Waals surface area (Å²) in [7, 11) is 0. The number of carbonyl (C=O) groups is 2. The van der Waals surface area contributed by atoms with Crippen LogP contribution in [-0.4, -0.2) is 39.5 Å². The molecule has 96 valence electrons. The maximum Gasteiger partial charge on any atom is 0.323 e. The SMILES string of the molecule is O=C(O)CN(C(=O)c1cc(Br)cnc1Cl)C1CC1. The van der Waals surface area contributed by atoms with E-state index in [2.05, 4.69) is 20.9 Å². The first-order chi connectivity index (χ1) is 8.49. The van der Waals surface area contributed by atoms with Crippen LogP contribution >= 0.6 is 27.5 Å². The second-order valence-corrected chi connectivity index (χ2v) is 5.32. The van der Waals surface area contributed by atoms with E-state index in [0.29, 0.717) is 4.47 Å². The number of aliphatic carboxylic acids is 1. The van der Waals surface area contributed by atoms with Crippen molar-refractivity contribution in [1.29, 1.82) is 0 Å². The number of hydrogen-bond acceptors (Lipinski definition) is 3. The number of carboxylic acid groups (broad SMARTS) is 1. The first-order valence-corrected chi connectivity index (χ1v) is 6.50. The Labute approximate surface area is 117 Å². The van der Waals surface area contributed by atoms with Crippen LogP contribution in [0.1, 0.15) is 23.2 Å². The van der Waals surface area contributed by atoms with Crippen LogP contribution < -0.4 is 0 Å². The summed E-state index contributed by atoms with van der Waals surface area (Å²) in [5.74, 6) is -1.42. The van der Waals surface area contributed by atoms with Crippen LogP contribution in [0.5, 0.6) is 0 Å². The van der Waals surface area contributed by atoms with Crippen LogP contribution in [0.4, 0.5) is 0 Å². The second kappa shape index (κ2) is 5.24. The lowest BCUT2D eigenvalue weighted by molar-refractivity contribution is -0.137. The Morgan fingerprint density at radius 1 is 1.56 bits per heavy atom. The molecule has 2 rings (SSSR count). The summed E-state index contributed by atoms with van der Waals surface area (Å²) in [5.41, 5.74) is 0.221. The third-order valence-electron chi connectivity index (χ3n) is 2.59. The van der Waals surface area contributed by atoms with Crippen molar-refractivity contribution in [2.45, 2.75) is 18.9 Å². The zero-order chi connectivity index (χ0) is 13.3. The van der Waals surface area contributed by atoms with Gasteiger partial charge in [-0.15, -0.1) is 0 Å². The predicted octanol–water partition coefficient (Wildman–Crippen LogP) is 2.19. The molecule has 0 aromatic carbocycles. The van der Waals surface area contributed by atoms with E-state index in [0.717, 1.165) is 12.8 Å². The fraction of sp³-hybridized carbons (Fsp3) is 0.364. The molecule has 1 amide bonds. The average Bonchev–Trinajstić information content (AvgIpc) is 3.12. The number of rotatable bonds is 4. The van der Waals surface area contributed by atoms with E-state index in [-0.39, 0.29) is 23.3 Å². The Balaban J connectivity index is 2.27. The molecule has 0 bridgehead atoms. The van der Waals surface area contributed by atoms with Crippen LogP contribution in [0.3, 0.4) is 0 Å². The van der Waals surface area contributed by atoms with Gasteiger partial charge in [0, 0.05) is 16.7 Å². The summed E-state index contributed by atoms with van der Waals surface area (Å²) in [6, 6.07) is 1.55. The molecule has 1 aromatic rings. The van der Waals surface area contributed by atoms with E-state index in [1.165, 1.54) is 11.1 Å². The van der Waals surface area contributed by atoms with Gasteiger partial charge < -0.3 is 10.0 Å². The fourth-order valence-corrected chi connectivity index (χ4v) is 2.14. The van der Waals surface area contributed by atoms with Gasteiger partial charge in [-0.1, -0.05) is 11.6 Å². The Morgan fingerprint density at radius 2 is 2.22 bits per heavy atom. The third-order valence-corrected chi connectivity index (χ3v) is 3.33. The second-order valence-electron chi connectivity index (χ2n) is 4.05. The molecule has 1 saturated carbocycles. The minimum absolute atomic E-state index is 0.00338. The van der Waals surface area contributed by atoms with Crippen molar-refractivity contribution >= 4 is 39.4 Å². The largest absolute Gasteiger partial charge is 0.480 e. The van der Waals surface area contributed by atoms with Crippen molar-refractivity contribution in [3.63, 3.8) is 0 Å². The van der Waals surface area contributed by atoms with E-state index in [4.69, 9.17) is 16.7 Å². The minimum atomic E-state index is -1.03. The third kappa shape index (κ3) is 3.00. The number of amides is 1. The molecular formula is C11H10BrClN2O3. The standard InChI is InChI=1S/C11H10BrClN2O3/c12-6-3-8(10(13)14-4-6)11(18)15(5-9(16)17)7-1-2-7/h3-4,7H,1-2,5H2,(H,16,17). The molecule has 1 aromatic heterocycles. The molecule has 7 heteroatoms. The van der Waals surface area contributed by atoms with Gasteiger partial charge in [-0.05, 0) is 34.8 Å². The number of nitrogens with zero attached hydrogens (tertiary/aromatic N) is 2. The van der Waals surface area contributed by atoms with Crippen LogP contribution in [0.15, 0.2) is 16.7 Å². The quantitative estimate of drug-likeness (QED) is 0.858. The van der Waals surface area contributed by atoms with Crippen molar-refractivity contribution in [3.8, 4) is 0 Å². The van der Waals surface area contributed by atoms with Crippen molar-refractivity contribution in [1.82, 2.24) is 9.88 Å². The van der Waals surface area contributed by atoms with Crippen molar-refractivity contribution < 1.29 is 14.7 Å². The number of pyridine rings is 1. The van der Waals surface area contributed by atoms with Gasteiger partial charge in [-0.25, -0.2) is 4.98 Å². The Hall–Kier alpha value is -1.14. The summed E-state index contributed by atoms with van der Waals surface area (Å²) >= 11 is 9.08. The Bertz CT molecular complexity index is 505. The molecule has 0 spiro atoms. The number of hydrogen-bond donors (Lipinski definition) is 1. The van der Waals surface area contributed by atoms with Gasteiger partial charge in [0.1, 0.15) is 11.7 Å². The molecule has 5 nitrogen and oxygen atoms in total. The summed E-state index contributed by atoms with van der Waals surface area (Å²) < 4.78 is 0.626. The molecule has 0 aliphatic heterocycles. The van der Waals surface area contributed by atoms with Crippen molar-refractivity contribution in [3.05, 3.63) is 27.5 Å². The van der Waals surface area contributed by atoms with Gasteiger partial charge in [0.25, 0.3) is 5.91 Å². The van der Waals surface area contributed by atoms with E-state index in [1.54, 1.807) is 6.07 Å². The average molecular weight is 334 g/mol. The monoisotopic (exact) mass is 332 g/mol. The van der Waals surface area contributed by atoms with E-state index < -0.39 is 11.9 Å². The highest BCUT2D eigenvalue weighted by molar-refractivity contribution is 9.10. The first-order valence-electron chi connectivity index (χ1n) is 5.33. The van der Waals surface area contributed by atoms with E-state index in [1.807, 2.05) is 0 Å². The molecule has 18 heavy (non-hydrogen) atoms. The van der Waals surface area contributed by atoms with Gasteiger partial charge in [0.05, 0.1) is 5.56 Å². The number of carbonyl (C=O) groups excluding carboxylic acids is 1. The van der Waals surface area contributed by atoms with E-state index >= 15 is 0 Å². The lowest BCUT2D eigenvalue weighted by Crippen LogP contribution is -2.37. The van der Waals surface area contributed by atoms with Crippen molar-refractivity contribution in [2.24, 2.45) is 0 Å². The maximum absolute atomic E-state index is 12.3. The topological polar surface area (TPSA) is 70.5 Å². The maximum atomic E-state index is 12.3. The van der Waals surface area contributed by atoms with E-state index in [9.17, 15) is 9.59 Å². The van der Waals surface area contributed by atoms with Crippen LogP contribution in [-0.2, 0) is 4.79 Å². The van der Waals surface area contributed by atoms with Crippen LogP contribution in [0, 0.1) is 0 Å². The highest BCUT2D eigenvalue weighted by Gasteiger charge is 2.35. The first kappa shape index (κ1) is 13.3. The molecule has 1 aliphatic carbocycles. The zero-order valence-corrected chi connectivity index (χ0v) is 11.6. The molecule has 1 aliphatic rings. The highest BCUT2D eigenvalue weighted by Crippen LogP contribution is 2.29. The van der Waals surface area contributed by atoms with Gasteiger partial charge in [-0.3, -0.25) is 9.59 Å². The van der Waals surface area contributed by atoms with Crippen molar-refractivity contribution in [2.75, 3.05) is 6.54 Å².